The van der Waals surface area contributed by atoms with Crippen molar-refractivity contribution in [3.05, 3.63) is 23.8 Å². The molecule has 0 spiro atoms. The van der Waals surface area contributed by atoms with E-state index in [0.29, 0.717) is 50.6 Å². The number of quaternary nitrogens is 1. The van der Waals surface area contributed by atoms with Crippen LogP contribution < -0.4 is 5.32 Å². The largest absolute Gasteiger partial charge is 0.458 e. The summed E-state index contributed by atoms with van der Waals surface area (Å²) in [6.45, 7) is 5.28. The van der Waals surface area contributed by atoms with E-state index in [1.165, 1.54) is 12.2 Å². The van der Waals surface area contributed by atoms with Gasteiger partial charge in [0.05, 0.1) is 13.2 Å². The third-order valence-corrected chi connectivity index (χ3v) is 10.7. The number of Topliss-reactive ketones (excluding diaryl/α,β-unsaturated/α-hetero) is 1. The normalized spacial score (nSPS) is 41.7. The zero-order valence-electron chi connectivity index (χ0n) is 23.6. The van der Waals surface area contributed by atoms with E-state index in [1.54, 1.807) is 26.8 Å². The molecule has 0 aliphatic heterocycles. The van der Waals surface area contributed by atoms with Gasteiger partial charge < -0.3 is 25.4 Å². The first kappa shape index (κ1) is 30.0. The average molecular weight is 551 g/mol. The molecule has 9 atom stereocenters. The van der Waals surface area contributed by atoms with Gasteiger partial charge in [0.15, 0.2) is 18.1 Å². The molecule has 0 bridgehead atoms. The Morgan fingerprint density at radius 1 is 1.26 bits per heavy atom. The van der Waals surface area contributed by atoms with E-state index in [4.69, 9.17) is 4.74 Å². The molecular weight excluding hydrogens is 505 g/mol. The van der Waals surface area contributed by atoms with Crippen molar-refractivity contribution in [1.29, 1.82) is 0 Å². The molecule has 0 radical (unpaired) electrons. The molecule has 0 aromatic rings. The minimum absolute atomic E-state index is 0.110. The zero-order chi connectivity index (χ0) is 28.8. The van der Waals surface area contributed by atoms with Gasteiger partial charge in [-0.25, -0.2) is 4.39 Å². The van der Waals surface area contributed by atoms with E-state index >= 15 is 4.39 Å². The maximum Gasteiger partial charge on any atom is 0.306 e. The number of aliphatic hydroxyl groups excluding tert-OH is 2. The molecule has 218 valence electrons. The summed E-state index contributed by atoms with van der Waals surface area (Å²) in [6, 6.07) is 0. The first-order chi connectivity index (χ1) is 18.3. The molecule has 0 amide bonds. The van der Waals surface area contributed by atoms with Crippen LogP contribution in [0.25, 0.3) is 0 Å². The number of alkyl halides is 1. The number of halogens is 1. The molecule has 4 aliphatic rings. The predicted octanol–water partition coefficient (Wildman–Crippen LogP) is 1.56. The number of ether oxygens (including phenoxy) is 1. The number of hydrogen-bond donors (Lipinski definition) is 4. The quantitative estimate of drug-likeness (QED) is 0.239. The smallest absolute Gasteiger partial charge is 0.306 e. The van der Waals surface area contributed by atoms with Crippen LogP contribution >= 0.6 is 0 Å². The SMILES string of the molecule is C[NH2+]CC(O)CCCCC(=O)OCC(=O)[C@@]1(O)[C@H](C)C[C@H]2[C@@H]3CCC4=CC(=O)C=C[C@]4(C)[C@@]3(F)[C@@H](O)C[C@@]21C. The van der Waals surface area contributed by atoms with Crippen LogP contribution in [0.15, 0.2) is 23.8 Å². The van der Waals surface area contributed by atoms with Crippen molar-refractivity contribution in [2.45, 2.75) is 95.6 Å². The van der Waals surface area contributed by atoms with Crippen LogP contribution in [-0.2, 0) is 19.1 Å². The molecule has 1 unspecified atom stereocenters. The topological polar surface area (TPSA) is 138 Å². The number of carbonyl (C=O) groups excluding carboxylic acids is 3. The lowest BCUT2D eigenvalue weighted by molar-refractivity contribution is -0.633. The number of aliphatic hydroxyl groups is 3. The summed E-state index contributed by atoms with van der Waals surface area (Å²) in [4.78, 5) is 37.8. The van der Waals surface area contributed by atoms with Crippen LogP contribution in [0, 0.1) is 28.6 Å². The van der Waals surface area contributed by atoms with Gasteiger partial charge in [-0.1, -0.05) is 31.9 Å². The Morgan fingerprint density at radius 3 is 2.67 bits per heavy atom. The fraction of sp³-hybridized carbons (Fsp3) is 0.767. The Hall–Kier alpha value is -1.94. The summed E-state index contributed by atoms with van der Waals surface area (Å²) in [5.41, 5.74) is -5.48. The molecule has 4 rings (SSSR count). The number of likely N-dealkylation sites (N-methyl/N-ethyl adjacent to an activating group) is 1. The van der Waals surface area contributed by atoms with E-state index < -0.39 is 64.5 Å². The zero-order valence-corrected chi connectivity index (χ0v) is 23.6. The first-order valence-corrected chi connectivity index (χ1v) is 14.4. The summed E-state index contributed by atoms with van der Waals surface area (Å²) in [7, 11) is 1.88. The van der Waals surface area contributed by atoms with Crippen LogP contribution in [-0.4, -0.2) is 76.5 Å². The molecule has 39 heavy (non-hydrogen) atoms. The van der Waals surface area contributed by atoms with E-state index in [2.05, 4.69) is 0 Å². The van der Waals surface area contributed by atoms with Crippen LogP contribution in [0.5, 0.6) is 0 Å². The van der Waals surface area contributed by atoms with Gasteiger partial charge in [-0.05, 0) is 69.4 Å². The highest BCUT2D eigenvalue weighted by molar-refractivity contribution is 6.01. The van der Waals surface area contributed by atoms with Gasteiger partial charge in [0.25, 0.3) is 0 Å². The number of rotatable bonds is 10. The van der Waals surface area contributed by atoms with Crippen molar-refractivity contribution < 1.29 is 44.1 Å². The van der Waals surface area contributed by atoms with Gasteiger partial charge in [0.1, 0.15) is 18.2 Å². The summed E-state index contributed by atoms with van der Waals surface area (Å²) >= 11 is 0. The summed E-state index contributed by atoms with van der Waals surface area (Å²) < 4.78 is 22.5. The molecule has 0 aromatic carbocycles. The molecule has 9 heteroatoms. The predicted molar refractivity (Wildman–Crippen MR) is 141 cm³/mol. The van der Waals surface area contributed by atoms with E-state index in [1.807, 2.05) is 12.4 Å². The number of ketones is 2. The van der Waals surface area contributed by atoms with Crippen molar-refractivity contribution >= 4 is 17.5 Å². The highest BCUT2D eigenvalue weighted by atomic mass is 19.1. The van der Waals surface area contributed by atoms with Crippen LogP contribution in [0.4, 0.5) is 4.39 Å². The van der Waals surface area contributed by atoms with Gasteiger partial charge >= 0.3 is 5.97 Å². The number of nitrogens with two attached hydrogens (primary N) is 1. The summed E-state index contributed by atoms with van der Waals surface area (Å²) in [5.74, 6) is -2.85. The van der Waals surface area contributed by atoms with Crippen molar-refractivity contribution in [1.82, 2.24) is 0 Å². The minimum Gasteiger partial charge on any atom is -0.458 e. The molecule has 0 saturated heterocycles. The number of carbonyl (C=O) groups is 3. The lowest BCUT2D eigenvalue weighted by Gasteiger charge is -2.62. The monoisotopic (exact) mass is 550 g/mol. The Labute approximate surface area is 230 Å². The van der Waals surface area contributed by atoms with Crippen LogP contribution in [0.2, 0.25) is 0 Å². The van der Waals surface area contributed by atoms with Gasteiger partial charge in [-0.3, -0.25) is 14.4 Å². The molecule has 4 aliphatic carbocycles. The molecule has 3 fully saturated rings. The third-order valence-electron chi connectivity index (χ3n) is 10.7. The lowest BCUT2D eigenvalue weighted by atomic mass is 9.44. The highest BCUT2D eigenvalue weighted by Crippen LogP contribution is 2.70. The third kappa shape index (κ3) is 4.63. The number of unbranched alkanes of at least 4 members (excludes halogenated alkanes) is 1. The molecule has 8 nitrogen and oxygen atoms in total. The first-order valence-electron chi connectivity index (χ1n) is 14.4. The van der Waals surface area contributed by atoms with E-state index in [9.17, 15) is 29.7 Å². The van der Waals surface area contributed by atoms with E-state index in [-0.39, 0.29) is 24.5 Å². The number of esters is 1. The molecule has 5 N–H and O–H groups in total. The second-order valence-corrected chi connectivity index (χ2v) is 12.8. The van der Waals surface area contributed by atoms with Crippen molar-refractivity contribution in [3.63, 3.8) is 0 Å². The second-order valence-electron chi connectivity index (χ2n) is 12.8. The maximum atomic E-state index is 17.2. The van der Waals surface area contributed by atoms with Crippen molar-refractivity contribution in [2.75, 3.05) is 20.2 Å². The fourth-order valence-corrected chi connectivity index (χ4v) is 8.51. The second kappa shape index (κ2) is 10.8. The highest BCUT2D eigenvalue weighted by Gasteiger charge is 2.75. The molecule has 0 aromatic heterocycles. The van der Waals surface area contributed by atoms with Crippen molar-refractivity contribution in [2.24, 2.45) is 28.6 Å². The van der Waals surface area contributed by atoms with Gasteiger partial charge in [-0.15, -0.1) is 0 Å². The molecule has 3 saturated carbocycles. The Morgan fingerprint density at radius 2 is 1.97 bits per heavy atom. The maximum absolute atomic E-state index is 17.2. The van der Waals surface area contributed by atoms with Crippen LogP contribution in [0.1, 0.15) is 72.1 Å². The Bertz CT molecular complexity index is 1060. The summed E-state index contributed by atoms with van der Waals surface area (Å²) in [5, 5.41) is 35.1. The summed E-state index contributed by atoms with van der Waals surface area (Å²) in [6.07, 6.45) is 5.62. The number of allylic oxidation sites excluding steroid dienone is 4. The van der Waals surface area contributed by atoms with Gasteiger partial charge in [0.2, 0.25) is 5.78 Å². The van der Waals surface area contributed by atoms with Crippen LogP contribution in [0.3, 0.4) is 0 Å². The molecule has 0 heterocycles. The van der Waals surface area contributed by atoms with Gasteiger partial charge in [0, 0.05) is 23.2 Å². The Kier molecular flexibility index (Phi) is 8.32. The minimum atomic E-state index is -2.04. The standard InChI is InChI=1S/C30H44FNO7/c1-18-13-23-22-10-9-19-14-20(33)11-12-27(19,2)29(22,31)24(35)15-28(23,3)30(18,38)25(36)17-39-26(37)8-6-5-7-21(34)16-32-4/h11-12,14,18,21-24,32,34-35,38H,5-10,13,15-17H2,1-4H3/p+1/t18-,21?,22+,23+,24+,27+,28+,29+,30+/m1/s1. The lowest BCUT2D eigenvalue weighted by Crippen LogP contribution is -2.82. The molecular formula is C30H45FNO7+. The Balaban J connectivity index is 1.46. The fourth-order valence-electron chi connectivity index (χ4n) is 8.51. The number of fused-ring (bicyclic) bond motifs is 5. The van der Waals surface area contributed by atoms with Gasteiger partial charge in [-0.2, -0.15) is 0 Å². The van der Waals surface area contributed by atoms with Crippen molar-refractivity contribution in [3.8, 4) is 0 Å². The average Bonchev–Trinajstić information content (AvgIpc) is 3.08. The van der Waals surface area contributed by atoms with E-state index in [0.717, 1.165) is 0 Å². The number of hydrogen-bond acceptors (Lipinski definition) is 7.